The molecule has 3 aliphatic rings. The van der Waals surface area contributed by atoms with E-state index in [2.05, 4.69) is 0 Å². The Hall–Kier alpha value is -0.790. The third-order valence-corrected chi connectivity index (χ3v) is 5.96. The predicted molar refractivity (Wildman–Crippen MR) is 93.0 cm³/mol. The van der Waals surface area contributed by atoms with Gasteiger partial charge in [-0.1, -0.05) is 0 Å². The van der Waals surface area contributed by atoms with Crippen LogP contribution in [-0.2, 0) is 19.1 Å². The van der Waals surface area contributed by atoms with Crippen LogP contribution in [0.15, 0.2) is 0 Å². The molecule has 0 aromatic heterocycles. The predicted octanol–water partition coefficient (Wildman–Crippen LogP) is 0.996. The van der Waals surface area contributed by atoms with Crippen molar-refractivity contribution >= 4 is 23.6 Å². The molecule has 3 rings (SSSR count). The van der Waals surface area contributed by atoms with Crippen LogP contribution in [0.4, 0.5) is 0 Å². The molecule has 0 unspecified atom stereocenters. The second-order valence-electron chi connectivity index (χ2n) is 6.99. The van der Waals surface area contributed by atoms with E-state index in [4.69, 9.17) is 9.47 Å². The van der Waals surface area contributed by atoms with Crippen LogP contribution in [0.5, 0.6) is 0 Å². The van der Waals surface area contributed by atoms with E-state index in [1.54, 1.807) is 11.8 Å². The number of amides is 2. The first-order valence-electron chi connectivity index (χ1n) is 8.91. The fourth-order valence-electron chi connectivity index (χ4n) is 3.91. The van der Waals surface area contributed by atoms with Crippen LogP contribution in [0.3, 0.4) is 0 Å². The standard InChI is InChI=1S/C17H28N2O4S/c1-24-12-15(20)19-8-11-23-17(13-19)4-6-18(7-5-17)16(21)14-2-9-22-10-3-14/h14H,2-13H2,1H3. The van der Waals surface area contributed by atoms with Gasteiger partial charge < -0.3 is 19.3 Å². The topological polar surface area (TPSA) is 59.1 Å². The molecule has 0 radical (unpaired) electrons. The van der Waals surface area contributed by atoms with E-state index in [1.165, 1.54) is 0 Å². The van der Waals surface area contributed by atoms with E-state index in [1.807, 2.05) is 16.1 Å². The highest BCUT2D eigenvalue weighted by molar-refractivity contribution is 7.99. The van der Waals surface area contributed by atoms with Gasteiger partial charge in [0.15, 0.2) is 0 Å². The van der Waals surface area contributed by atoms with Gasteiger partial charge in [-0.2, -0.15) is 11.8 Å². The Labute approximate surface area is 148 Å². The number of carbonyl (C=O) groups is 2. The monoisotopic (exact) mass is 356 g/mol. The number of ether oxygens (including phenoxy) is 2. The molecule has 0 bridgehead atoms. The van der Waals surface area contributed by atoms with Gasteiger partial charge in [-0.15, -0.1) is 0 Å². The minimum Gasteiger partial charge on any atom is -0.381 e. The van der Waals surface area contributed by atoms with Crippen LogP contribution in [0.25, 0.3) is 0 Å². The van der Waals surface area contributed by atoms with Gasteiger partial charge in [0, 0.05) is 45.3 Å². The summed E-state index contributed by atoms with van der Waals surface area (Å²) in [6.45, 7) is 4.83. The Kier molecular flexibility index (Phi) is 6.05. The number of carbonyl (C=O) groups excluding carboxylic acids is 2. The lowest BCUT2D eigenvalue weighted by atomic mass is 9.88. The minimum atomic E-state index is -0.251. The molecule has 0 N–H and O–H groups in total. The second kappa shape index (κ2) is 8.06. The summed E-state index contributed by atoms with van der Waals surface area (Å²) < 4.78 is 11.4. The minimum absolute atomic E-state index is 0.125. The summed E-state index contributed by atoms with van der Waals surface area (Å²) in [6, 6.07) is 0. The molecule has 24 heavy (non-hydrogen) atoms. The van der Waals surface area contributed by atoms with Crippen molar-refractivity contribution in [2.24, 2.45) is 5.92 Å². The summed E-state index contributed by atoms with van der Waals surface area (Å²) in [7, 11) is 0. The van der Waals surface area contributed by atoms with Crippen LogP contribution in [0.1, 0.15) is 25.7 Å². The number of rotatable bonds is 3. The summed E-state index contributed by atoms with van der Waals surface area (Å²) >= 11 is 1.56. The second-order valence-corrected chi connectivity index (χ2v) is 7.86. The van der Waals surface area contributed by atoms with Gasteiger partial charge >= 0.3 is 0 Å². The fourth-order valence-corrected chi connectivity index (χ4v) is 4.34. The lowest BCUT2D eigenvalue weighted by Crippen LogP contribution is -2.59. The summed E-state index contributed by atoms with van der Waals surface area (Å²) in [5.41, 5.74) is -0.251. The Morgan fingerprint density at radius 2 is 1.79 bits per heavy atom. The number of nitrogens with zero attached hydrogens (tertiary/aromatic N) is 2. The molecule has 0 aliphatic carbocycles. The van der Waals surface area contributed by atoms with Gasteiger partial charge in [0.25, 0.3) is 0 Å². The van der Waals surface area contributed by atoms with Crippen molar-refractivity contribution in [1.29, 1.82) is 0 Å². The molecule has 6 nitrogen and oxygen atoms in total. The number of morpholine rings is 1. The maximum atomic E-state index is 12.6. The van der Waals surface area contributed by atoms with Crippen LogP contribution >= 0.6 is 11.8 Å². The quantitative estimate of drug-likeness (QED) is 0.755. The van der Waals surface area contributed by atoms with Crippen LogP contribution in [0, 0.1) is 5.92 Å². The molecule has 7 heteroatoms. The lowest BCUT2D eigenvalue weighted by molar-refractivity contribution is -0.163. The van der Waals surface area contributed by atoms with Gasteiger partial charge in [0.1, 0.15) is 0 Å². The van der Waals surface area contributed by atoms with Crippen molar-refractivity contribution < 1.29 is 19.1 Å². The number of likely N-dealkylation sites (tertiary alicyclic amines) is 1. The van der Waals surface area contributed by atoms with Crippen molar-refractivity contribution in [1.82, 2.24) is 9.80 Å². The Bertz CT molecular complexity index is 460. The maximum absolute atomic E-state index is 12.6. The average Bonchev–Trinajstić information content (AvgIpc) is 2.63. The summed E-state index contributed by atoms with van der Waals surface area (Å²) in [6.07, 6.45) is 5.28. The van der Waals surface area contributed by atoms with E-state index in [9.17, 15) is 9.59 Å². The van der Waals surface area contributed by atoms with E-state index in [-0.39, 0.29) is 23.3 Å². The zero-order valence-corrected chi connectivity index (χ0v) is 15.3. The first kappa shape index (κ1) is 18.0. The highest BCUT2D eigenvalue weighted by Gasteiger charge is 2.42. The third-order valence-electron chi connectivity index (χ3n) is 5.43. The molecule has 136 valence electrons. The maximum Gasteiger partial charge on any atom is 0.232 e. The smallest absolute Gasteiger partial charge is 0.232 e. The third kappa shape index (κ3) is 4.06. The zero-order chi connectivity index (χ0) is 17.0. The van der Waals surface area contributed by atoms with Crippen molar-refractivity contribution in [2.45, 2.75) is 31.3 Å². The molecule has 3 fully saturated rings. The average molecular weight is 356 g/mol. The van der Waals surface area contributed by atoms with Crippen molar-refractivity contribution in [3.05, 3.63) is 0 Å². The molecule has 0 atom stereocenters. The number of thioether (sulfide) groups is 1. The summed E-state index contributed by atoms with van der Waals surface area (Å²) in [5, 5.41) is 0. The van der Waals surface area contributed by atoms with Gasteiger partial charge in [0.05, 0.1) is 18.0 Å². The SMILES string of the molecule is CSCC(=O)N1CCOC2(CCN(C(=O)C3CCOCC3)CC2)C1. The van der Waals surface area contributed by atoms with Crippen LogP contribution in [-0.4, -0.2) is 85.2 Å². The molecule has 3 aliphatic heterocycles. The first-order valence-corrected chi connectivity index (χ1v) is 10.3. The van der Waals surface area contributed by atoms with Crippen molar-refractivity contribution in [2.75, 3.05) is 58.0 Å². The van der Waals surface area contributed by atoms with E-state index >= 15 is 0 Å². The van der Waals surface area contributed by atoms with Gasteiger partial charge in [-0.3, -0.25) is 9.59 Å². The molecule has 3 heterocycles. The van der Waals surface area contributed by atoms with E-state index in [0.717, 1.165) is 38.8 Å². The van der Waals surface area contributed by atoms with Gasteiger partial charge in [-0.25, -0.2) is 0 Å². The first-order chi connectivity index (χ1) is 11.6. The number of piperidine rings is 1. The Balaban J connectivity index is 1.53. The normalized spacial score (nSPS) is 25.0. The largest absolute Gasteiger partial charge is 0.381 e. The molecule has 0 aromatic rings. The van der Waals surface area contributed by atoms with Gasteiger partial charge in [-0.05, 0) is 31.9 Å². The number of hydrogen-bond donors (Lipinski definition) is 0. The van der Waals surface area contributed by atoms with Crippen LogP contribution in [0.2, 0.25) is 0 Å². The summed E-state index contributed by atoms with van der Waals surface area (Å²) in [4.78, 5) is 28.8. The molecule has 0 saturated carbocycles. The van der Waals surface area contributed by atoms with E-state index in [0.29, 0.717) is 38.7 Å². The molecule has 2 amide bonds. The fraction of sp³-hybridized carbons (Fsp3) is 0.882. The zero-order valence-electron chi connectivity index (χ0n) is 14.5. The molecular formula is C17H28N2O4S. The van der Waals surface area contributed by atoms with E-state index < -0.39 is 0 Å². The van der Waals surface area contributed by atoms with Crippen molar-refractivity contribution in [3.8, 4) is 0 Å². The van der Waals surface area contributed by atoms with Gasteiger partial charge in [0.2, 0.25) is 11.8 Å². The van der Waals surface area contributed by atoms with Crippen LogP contribution < -0.4 is 0 Å². The lowest BCUT2D eigenvalue weighted by Gasteiger charge is -2.47. The molecule has 0 aromatic carbocycles. The molecule has 3 saturated heterocycles. The summed E-state index contributed by atoms with van der Waals surface area (Å²) in [5.74, 6) is 1.13. The Morgan fingerprint density at radius 3 is 2.46 bits per heavy atom. The number of hydrogen-bond acceptors (Lipinski definition) is 5. The highest BCUT2D eigenvalue weighted by atomic mass is 32.2. The molecule has 1 spiro atoms. The highest BCUT2D eigenvalue weighted by Crippen LogP contribution is 2.31. The Morgan fingerprint density at radius 1 is 1.08 bits per heavy atom. The van der Waals surface area contributed by atoms with Crippen molar-refractivity contribution in [3.63, 3.8) is 0 Å². The molecular weight excluding hydrogens is 328 g/mol.